The second kappa shape index (κ2) is 7.41. The summed E-state index contributed by atoms with van der Waals surface area (Å²) in [6.07, 6.45) is 1.91. The zero-order chi connectivity index (χ0) is 15.9. The number of methoxy groups -OCH3 is 1. The topological polar surface area (TPSA) is 63.6 Å². The van der Waals surface area contributed by atoms with E-state index in [2.05, 4.69) is 17.0 Å². The Balaban J connectivity index is 3.10. The van der Waals surface area contributed by atoms with Crippen molar-refractivity contribution in [2.45, 2.75) is 24.7 Å². The normalized spacial score (nSPS) is 12.9. The Morgan fingerprint density at radius 1 is 1.43 bits per heavy atom. The van der Waals surface area contributed by atoms with Gasteiger partial charge in [0.2, 0.25) is 0 Å². The van der Waals surface area contributed by atoms with Gasteiger partial charge in [-0.15, -0.1) is 5.73 Å². The van der Waals surface area contributed by atoms with Crippen LogP contribution in [0.15, 0.2) is 42.7 Å². The van der Waals surface area contributed by atoms with Gasteiger partial charge >= 0.3 is 11.9 Å². The van der Waals surface area contributed by atoms with Crippen LogP contribution in [0, 0.1) is 5.82 Å². The molecule has 5 heteroatoms. The molecule has 112 valence electrons. The predicted octanol–water partition coefficient (Wildman–Crippen LogP) is 2.83. The molecule has 1 N–H and O–H groups in total. The highest BCUT2D eigenvalue weighted by Crippen LogP contribution is 2.32. The van der Waals surface area contributed by atoms with Gasteiger partial charge in [-0.3, -0.25) is 9.59 Å². The first kappa shape index (κ1) is 16.7. The average Bonchev–Trinajstić information content (AvgIpc) is 2.46. The zero-order valence-electron chi connectivity index (χ0n) is 11.8. The molecule has 0 aliphatic rings. The summed E-state index contributed by atoms with van der Waals surface area (Å²) in [6, 6.07) is 5.22. The molecule has 0 aliphatic heterocycles. The van der Waals surface area contributed by atoms with Gasteiger partial charge in [0.15, 0.2) is 0 Å². The molecule has 1 aromatic carbocycles. The standard InChI is InChI=1S/C16H17FO4/c1-3-10-16(15(19)20,11-4-5-14(18)21-2)12-6-8-13(17)9-7-12/h6-10H,1,4-5,11H2,2H3,(H,19,20). The van der Waals surface area contributed by atoms with Crippen molar-refractivity contribution in [3.05, 3.63) is 54.0 Å². The van der Waals surface area contributed by atoms with E-state index in [0.717, 1.165) is 0 Å². The van der Waals surface area contributed by atoms with Gasteiger partial charge in [-0.1, -0.05) is 18.7 Å². The summed E-state index contributed by atoms with van der Waals surface area (Å²) in [4.78, 5) is 22.9. The molecule has 0 radical (unpaired) electrons. The number of aliphatic carboxylic acids is 1. The van der Waals surface area contributed by atoms with E-state index < -0.39 is 23.2 Å². The third-order valence-corrected chi connectivity index (χ3v) is 3.27. The summed E-state index contributed by atoms with van der Waals surface area (Å²) in [5.41, 5.74) is 1.52. The molecule has 4 nitrogen and oxygen atoms in total. The first-order chi connectivity index (χ1) is 9.96. The summed E-state index contributed by atoms with van der Waals surface area (Å²) in [6.45, 7) is 3.42. The molecular weight excluding hydrogens is 275 g/mol. The van der Waals surface area contributed by atoms with Crippen LogP contribution in [-0.2, 0) is 19.7 Å². The molecule has 1 aromatic rings. The van der Waals surface area contributed by atoms with Crippen molar-refractivity contribution in [2.75, 3.05) is 7.11 Å². The average molecular weight is 292 g/mol. The van der Waals surface area contributed by atoms with E-state index in [0.29, 0.717) is 12.0 Å². The third-order valence-electron chi connectivity index (χ3n) is 3.27. The lowest BCUT2D eigenvalue weighted by molar-refractivity contribution is -0.144. The van der Waals surface area contributed by atoms with Gasteiger partial charge in [0, 0.05) is 6.42 Å². The summed E-state index contributed by atoms with van der Waals surface area (Å²) >= 11 is 0. The molecule has 0 fully saturated rings. The van der Waals surface area contributed by atoms with Crippen molar-refractivity contribution in [1.82, 2.24) is 0 Å². The molecule has 1 rings (SSSR count). The smallest absolute Gasteiger partial charge is 0.318 e. The maximum absolute atomic E-state index is 13.0. The lowest BCUT2D eigenvalue weighted by Gasteiger charge is -2.25. The highest BCUT2D eigenvalue weighted by atomic mass is 19.1. The summed E-state index contributed by atoms with van der Waals surface area (Å²) in [5, 5.41) is 9.59. The molecule has 0 aliphatic carbocycles. The highest BCUT2D eigenvalue weighted by Gasteiger charge is 2.37. The van der Waals surface area contributed by atoms with E-state index in [1.165, 1.54) is 37.5 Å². The molecule has 0 bridgehead atoms. The van der Waals surface area contributed by atoms with Crippen LogP contribution in [0.1, 0.15) is 24.8 Å². The van der Waals surface area contributed by atoms with Crippen LogP contribution in [0.4, 0.5) is 4.39 Å². The predicted molar refractivity (Wildman–Crippen MR) is 75.3 cm³/mol. The van der Waals surface area contributed by atoms with Crippen molar-refractivity contribution < 1.29 is 23.8 Å². The van der Waals surface area contributed by atoms with Gasteiger partial charge in [0.05, 0.1) is 7.11 Å². The van der Waals surface area contributed by atoms with Crippen molar-refractivity contribution in [1.29, 1.82) is 0 Å². The van der Waals surface area contributed by atoms with E-state index in [1.807, 2.05) is 0 Å². The number of hydrogen-bond donors (Lipinski definition) is 1. The Labute approximate surface area is 122 Å². The molecule has 0 spiro atoms. The van der Waals surface area contributed by atoms with Gasteiger partial charge in [-0.05, 0) is 36.6 Å². The molecule has 0 saturated heterocycles. The first-order valence-electron chi connectivity index (χ1n) is 6.39. The second-order valence-electron chi connectivity index (χ2n) is 4.56. The maximum Gasteiger partial charge on any atom is 0.318 e. The Kier molecular flexibility index (Phi) is 5.88. The van der Waals surface area contributed by atoms with Crippen LogP contribution in [0.3, 0.4) is 0 Å². The van der Waals surface area contributed by atoms with Crippen LogP contribution >= 0.6 is 0 Å². The third kappa shape index (κ3) is 4.04. The van der Waals surface area contributed by atoms with Crippen LogP contribution in [0.5, 0.6) is 0 Å². The minimum Gasteiger partial charge on any atom is -0.480 e. The van der Waals surface area contributed by atoms with Gasteiger partial charge in [0.1, 0.15) is 11.2 Å². The molecule has 0 saturated carbocycles. The van der Waals surface area contributed by atoms with Crippen molar-refractivity contribution in [2.24, 2.45) is 0 Å². The number of halogens is 1. The fraction of sp³-hybridized carbons (Fsp3) is 0.312. The van der Waals surface area contributed by atoms with Crippen LogP contribution < -0.4 is 0 Å². The van der Waals surface area contributed by atoms with Gasteiger partial charge in [0.25, 0.3) is 0 Å². The number of hydrogen-bond acceptors (Lipinski definition) is 3. The van der Waals surface area contributed by atoms with E-state index in [1.54, 1.807) is 0 Å². The number of ether oxygens (including phenoxy) is 1. The van der Waals surface area contributed by atoms with E-state index in [4.69, 9.17) is 0 Å². The quantitative estimate of drug-likeness (QED) is 0.620. The molecule has 0 heterocycles. The maximum atomic E-state index is 13.0. The van der Waals surface area contributed by atoms with Crippen molar-refractivity contribution in [3.8, 4) is 0 Å². The Morgan fingerprint density at radius 3 is 2.52 bits per heavy atom. The minimum atomic E-state index is -1.39. The largest absolute Gasteiger partial charge is 0.480 e. The summed E-state index contributed by atoms with van der Waals surface area (Å²) < 4.78 is 17.6. The van der Waals surface area contributed by atoms with Crippen LogP contribution in [0.2, 0.25) is 0 Å². The van der Waals surface area contributed by atoms with Gasteiger partial charge in [-0.2, -0.15) is 0 Å². The van der Waals surface area contributed by atoms with Crippen LogP contribution in [-0.4, -0.2) is 24.2 Å². The Morgan fingerprint density at radius 2 is 2.05 bits per heavy atom. The van der Waals surface area contributed by atoms with E-state index in [-0.39, 0.29) is 12.8 Å². The summed E-state index contributed by atoms with van der Waals surface area (Å²) in [5.74, 6) is -1.96. The van der Waals surface area contributed by atoms with Crippen molar-refractivity contribution >= 4 is 11.9 Å². The molecule has 0 aromatic heterocycles. The second-order valence-corrected chi connectivity index (χ2v) is 4.56. The SMILES string of the molecule is C=C=CC(CCCC(=O)OC)(C(=O)O)c1ccc(F)cc1. The van der Waals surface area contributed by atoms with E-state index in [9.17, 15) is 19.1 Å². The molecule has 21 heavy (non-hydrogen) atoms. The number of benzene rings is 1. The molecule has 1 atom stereocenters. The van der Waals surface area contributed by atoms with E-state index >= 15 is 0 Å². The number of carboxylic acids is 1. The van der Waals surface area contributed by atoms with Gasteiger partial charge < -0.3 is 9.84 Å². The Bertz CT molecular complexity index is 554. The molecular formula is C16H17FO4. The highest BCUT2D eigenvalue weighted by molar-refractivity contribution is 5.84. The first-order valence-corrected chi connectivity index (χ1v) is 6.39. The monoisotopic (exact) mass is 292 g/mol. The number of esters is 1. The fourth-order valence-electron chi connectivity index (χ4n) is 2.13. The minimum absolute atomic E-state index is 0.109. The number of carbonyl (C=O) groups is 2. The molecule has 1 unspecified atom stereocenters. The lowest BCUT2D eigenvalue weighted by atomic mass is 9.76. The van der Waals surface area contributed by atoms with Crippen molar-refractivity contribution in [3.63, 3.8) is 0 Å². The Hall–Kier alpha value is -2.39. The fourth-order valence-corrected chi connectivity index (χ4v) is 2.13. The number of carboxylic acid groups (broad SMARTS) is 1. The lowest BCUT2D eigenvalue weighted by Crippen LogP contribution is -2.34. The molecule has 0 amide bonds. The number of carbonyl (C=O) groups excluding carboxylic acids is 1. The zero-order valence-corrected chi connectivity index (χ0v) is 11.8. The van der Waals surface area contributed by atoms with Crippen LogP contribution in [0.25, 0.3) is 0 Å². The number of rotatable bonds is 7. The van der Waals surface area contributed by atoms with Gasteiger partial charge in [-0.25, -0.2) is 4.39 Å². The summed E-state index contributed by atoms with van der Waals surface area (Å²) in [7, 11) is 1.27.